The van der Waals surface area contributed by atoms with Crippen molar-refractivity contribution in [2.45, 2.75) is 13.3 Å². The molecule has 0 amide bonds. The summed E-state index contributed by atoms with van der Waals surface area (Å²) in [5, 5.41) is 13.1. The van der Waals surface area contributed by atoms with E-state index in [1.54, 1.807) is 29.1 Å². The average Bonchev–Trinajstić information content (AvgIpc) is 2.39. The van der Waals surface area contributed by atoms with Gasteiger partial charge in [-0.05, 0) is 24.6 Å². The van der Waals surface area contributed by atoms with Gasteiger partial charge in [-0.25, -0.2) is 4.68 Å². The standard InChI is InChI=1S/C13H11N3O/c1-2-12-13(17)6-7-16(15-12)11-5-3-4-10(8-11)9-14/h3-8H,2H2,1H3. The Bertz CT molecular complexity index is 638. The van der Waals surface area contributed by atoms with Crippen LogP contribution in [0.15, 0.2) is 41.3 Å². The Kier molecular flexibility index (Phi) is 3.01. The summed E-state index contributed by atoms with van der Waals surface area (Å²) >= 11 is 0. The van der Waals surface area contributed by atoms with E-state index < -0.39 is 0 Å². The minimum atomic E-state index is -0.0554. The summed E-state index contributed by atoms with van der Waals surface area (Å²) in [4.78, 5) is 11.4. The maximum absolute atomic E-state index is 11.4. The van der Waals surface area contributed by atoms with Gasteiger partial charge in [-0.2, -0.15) is 10.4 Å². The van der Waals surface area contributed by atoms with Gasteiger partial charge in [0.05, 0.1) is 17.3 Å². The molecule has 4 heteroatoms. The first-order chi connectivity index (χ1) is 8.24. The molecule has 1 heterocycles. The van der Waals surface area contributed by atoms with Crippen LogP contribution in [-0.2, 0) is 6.42 Å². The van der Waals surface area contributed by atoms with Crippen LogP contribution >= 0.6 is 0 Å². The van der Waals surface area contributed by atoms with E-state index in [9.17, 15) is 4.79 Å². The predicted molar refractivity (Wildman–Crippen MR) is 63.9 cm³/mol. The molecule has 2 rings (SSSR count). The Balaban J connectivity index is 2.53. The minimum Gasteiger partial charge on any atom is -0.288 e. The largest absolute Gasteiger partial charge is 0.288 e. The third kappa shape index (κ3) is 2.23. The van der Waals surface area contributed by atoms with Gasteiger partial charge in [-0.3, -0.25) is 4.79 Å². The lowest BCUT2D eigenvalue weighted by molar-refractivity contribution is 0.784. The van der Waals surface area contributed by atoms with Crippen molar-refractivity contribution in [3.05, 3.63) is 58.0 Å². The third-order valence-corrected chi connectivity index (χ3v) is 2.45. The Hall–Kier alpha value is -2.41. The van der Waals surface area contributed by atoms with Crippen LogP contribution in [0.4, 0.5) is 0 Å². The van der Waals surface area contributed by atoms with Gasteiger partial charge in [-0.15, -0.1) is 0 Å². The Morgan fingerprint density at radius 2 is 2.24 bits per heavy atom. The van der Waals surface area contributed by atoms with Crippen LogP contribution in [-0.4, -0.2) is 9.78 Å². The van der Waals surface area contributed by atoms with Crippen LogP contribution in [0.5, 0.6) is 0 Å². The quantitative estimate of drug-likeness (QED) is 0.781. The fourth-order valence-electron chi connectivity index (χ4n) is 1.55. The average molecular weight is 225 g/mol. The number of hydrogen-bond donors (Lipinski definition) is 0. The number of hydrogen-bond acceptors (Lipinski definition) is 3. The Morgan fingerprint density at radius 1 is 1.41 bits per heavy atom. The first-order valence-corrected chi connectivity index (χ1v) is 5.34. The van der Waals surface area contributed by atoms with Crippen LogP contribution in [0.1, 0.15) is 18.2 Å². The van der Waals surface area contributed by atoms with Crippen molar-refractivity contribution in [3.8, 4) is 11.8 Å². The summed E-state index contributed by atoms with van der Waals surface area (Å²) in [7, 11) is 0. The Labute approximate surface area is 98.8 Å². The molecule has 0 fully saturated rings. The van der Waals surface area contributed by atoms with E-state index in [1.807, 2.05) is 13.0 Å². The van der Waals surface area contributed by atoms with Crippen LogP contribution in [0.25, 0.3) is 5.69 Å². The number of nitriles is 1. The van der Waals surface area contributed by atoms with Crippen LogP contribution in [0, 0.1) is 11.3 Å². The molecule has 17 heavy (non-hydrogen) atoms. The van der Waals surface area contributed by atoms with Crippen molar-refractivity contribution in [3.63, 3.8) is 0 Å². The SMILES string of the molecule is CCc1nn(-c2cccc(C#N)c2)ccc1=O. The zero-order valence-electron chi connectivity index (χ0n) is 9.42. The Morgan fingerprint density at radius 3 is 2.94 bits per heavy atom. The maximum atomic E-state index is 11.4. The van der Waals surface area contributed by atoms with Crippen molar-refractivity contribution in [1.29, 1.82) is 5.26 Å². The molecule has 84 valence electrons. The van der Waals surface area contributed by atoms with E-state index in [1.165, 1.54) is 6.07 Å². The van der Waals surface area contributed by atoms with Gasteiger partial charge in [0, 0.05) is 12.3 Å². The van der Waals surface area contributed by atoms with Crippen LogP contribution in [0.2, 0.25) is 0 Å². The maximum Gasteiger partial charge on any atom is 0.203 e. The molecule has 1 aromatic heterocycles. The van der Waals surface area contributed by atoms with Crippen LogP contribution < -0.4 is 5.43 Å². The molecule has 0 aliphatic heterocycles. The topological polar surface area (TPSA) is 58.7 Å². The van der Waals surface area contributed by atoms with E-state index in [-0.39, 0.29) is 5.43 Å². The second-order valence-corrected chi connectivity index (χ2v) is 3.59. The molecule has 0 unspecified atom stereocenters. The van der Waals surface area contributed by atoms with Gasteiger partial charge in [-0.1, -0.05) is 13.0 Å². The molecule has 0 spiro atoms. The van der Waals surface area contributed by atoms with Gasteiger partial charge < -0.3 is 0 Å². The zero-order chi connectivity index (χ0) is 12.3. The molecule has 0 bridgehead atoms. The predicted octanol–water partition coefficient (Wildman–Crippen LogP) is 1.67. The molecule has 0 radical (unpaired) electrons. The monoisotopic (exact) mass is 225 g/mol. The molecular formula is C13H11N3O. The second-order valence-electron chi connectivity index (χ2n) is 3.59. The first kappa shape index (κ1) is 11.1. The van der Waals surface area contributed by atoms with Gasteiger partial charge in [0.25, 0.3) is 0 Å². The highest BCUT2D eigenvalue weighted by molar-refractivity contribution is 5.40. The smallest absolute Gasteiger partial charge is 0.203 e. The lowest BCUT2D eigenvalue weighted by Crippen LogP contribution is -2.15. The summed E-state index contributed by atoms with van der Waals surface area (Å²) in [6, 6.07) is 10.7. The summed E-state index contributed by atoms with van der Waals surface area (Å²) in [5.41, 5.74) is 1.81. The van der Waals surface area contributed by atoms with Crippen molar-refractivity contribution in [1.82, 2.24) is 9.78 Å². The normalized spacial score (nSPS) is 9.88. The zero-order valence-corrected chi connectivity index (χ0v) is 9.42. The lowest BCUT2D eigenvalue weighted by Gasteiger charge is -2.06. The molecule has 4 nitrogen and oxygen atoms in total. The number of nitrogens with zero attached hydrogens (tertiary/aromatic N) is 3. The lowest BCUT2D eigenvalue weighted by atomic mass is 10.2. The highest BCUT2D eigenvalue weighted by Gasteiger charge is 2.02. The summed E-state index contributed by atoms with van der Waals surface area (Å²) < 4.78 is 1.61. The summed E-state index contributed by atoms with van der Waals surface area (Å²) in [5.74, 6) is 0. The van der Waals surface area contributed by atoms with Crippen molar-refractivity contribution in [2.75, 3.05) is 0 Å². The molecule has 0 aliphatic carbocycles. The first-order valence-electron chi connectivity index (χ1n) is 5.34. The molecule has 0 saturated carbocycles. The molecule has 2 aromatic rings. The number of benzene rings is 1. The van der Waals surface area contributed by atoms with Gasteiger partial charge in [0.1, 0.15) is 5.69 Å². The number of aryl methyl sites for hydroxylation is 1. The van der Waals surface area contributed by atoms with Crippen molar-refractivity contribution < 1.29 is 0 Å². The molecular weight excluding hydrogens is 214 g/mol. The second kappa shape index (κ2) is 4.62. The molecule has 0 N–H and O–H groups in total. The number of rotatable bonds is 2. The number of aromatic nitrogens is 2. The highest BCUT2D eigenvalue weighted by Crippen LogP contribution is 2.08. The summed E-state index contributed by atoms with van der Waals surface area (Å²) in [6.45, 7) is 1.89. The van der Waals surface area contributed by atoms with Gasteiger partial charge in [0.15, 0.2) is 0 Å². The third-order valence-electron chi connectivity index (χ3n) is 2.45. The highest BCUT2D eigenvalue weighted by atomic mass is 16.1. The van der Waals surface area contributed by atoms with E-state index in [2.05, 4.69) is 11.2 Å². The van der Waals surface area contributed by atoms with Crippen LogP contribution in [0.3, 0.4) is 0 Å². The fourth-order valence-corrected chi connectivity index (χ4v) is 1.55. The van der Waals surface area contributed by atoms with E-state index in [4.69, 9.17) is 5.26 Å². The van der Waals surface area contributed by atoms with E-state index >= 15 is 0 Å². The molecule has 0 aliphatic rings. The molecule has 0 saturated heterocycles. The molecule has 0 atom stereocenters. The van der Waals surface area contributed by atoms with Crippen molar-refractivity contribution in [2.24, 2.45) is 0 Å². The van der Waals surface area contributed by atoms with Gasteiger partial charge >= 0.3 is 0 Å². The van der Waals surface area contributed by atoms with Gasteiger partial charge in [0.2, 0.25) is 5.43 Å². The fraction of sp³-hybridized carbons (Fsp3) is 0.154. The van der Waals surface area contributed by atoms with Crippen molar-refractivity contribution >= 4 is 0 Å². The molecule has 1 aromatic carbocycles. The van der Waals surface area contributed by atoms with E-state index in [0.29, 0.717) is 17.7 Å². The van der Waals surface area contributed by atoms with E-state index in [0.717, 1.165) is 5.69 Å². The summed E-state index contributed by atoms with van der Waals surface area (Å²) in [6.07, 6.45) is 2.20. The minimum absolute atomic E-state index is 0.0554.